The maximum absolute atomic E-state index is 14.9. The Morgan fingerprint density at radius 2 is 1.70 bits per heavy atom. The van der Waals surface area contributed by atoms with E-state index in [-0.39, 0.29) is 50.4 Å². The highest BCUT2D eigenvalue weighted by atomic mass is 79.9. The van der Waals surface area contributed by atoms with E-state index in [9.17, 15) is 24.3 Å². The standard InChI is InChI=1S/C36H40BrN3O7/c1-22(2)26(21-41)40-32-34(44)39(20-23-12-6-3-7-13-23)17-11-5-10-16-28(42)38-19-27(24-14-8-4-9-15-24)46-35(45)29-30(33(40)43)36(32)18-25(37)31(29)47-36/h3-9,11-15,18,22,26-27,29-32,41H,10,16-17,19-21H2,1-2H3,(H,38,42)/b11-5-/t26-,27-,29-,30+,31-,32-,36+/m0/s1. The van der Waals surface area contributed by atoms with Crippen LogP contribution in [0.2, 0.25) is 0 Å². The minimum absolute atomic E-state index is 0.0509. The molecule has 7 atom stereocenters. The summed E-state index contributed by atoms with van der Waals surface area (Å²) in [5, 5.41) is 13.5. The van der Waals surface area contributed by atoms with E-state index >= 15 is 0 Å². The van der Waals surface area contributed by atoms with Crippen LogP contribution in [0.1, 0.15) is 43.9 Å². The molecular formula is C36H40BrN3O7. The third kappa shape index (κ3) is 6.16. The molecule has 5 bridgehead atoms. The predicted molar refractivity (Wildman–Crippen MR) is 176 cm³/mol. The summed E-state index contributed by atoms with van der Waals surface area (Å²) >= 11 is 3.59. The molecule has 1 spiro atoms. The molecule has 4 aliphatic rings. The lowest BCUT2D eigenvalue weighted by molar-refractivity contribution is -0.161. The lowest BCUT2D eigenvalue weighted by atomic mass is 9.74. The van der Waals surface area contributed by atoms with Gasteiger partial charge in [0, 0.05) is 24.0 Å². The number of halogens is 1. The van der Waals surface area contributed by atoms with E-state index in [0.29, 0.717) is 16.5 Å². The van der Waals surface area contributed by atoms with Gasteiger partial charge in [-0.25, -0.2) is 0 Å². The summed E-state index contributed by atoms with van der Waals surface area (Å²) in [4.78, 5) is 59.7. The van der Waals surface area contributed by atoms with Gasteiger partial charge in [0.05, 0.1) is 25.1 Å². The fourth-order valence-electron chi connectivity index (χ4n) is 7.34. The highest BCUT2D eigenvalue weighted by Gasteiger charge is 2.75. The molecule has 6 rings (SSSR count). The van der Waals surface area contributed by atoms with E-state index in [1.54, 1.807) is 11.0 Å². The Labute approximate surface area is 282 Å². The number of hydrogen-bond acceptors (Lipinski definition) is 7. The molecule has 10 nitrogen and oxygen atoms in total. The van der Waals surface area contributed by atoms with Gasteiger partial charge >= 0.3 is 5.97 Å². The smallest absolute Gasteiger partial charge is 0.313 e. The van der Waals surface area contributed by atoms with Gasteiger partial charge in [0.25, 0.3) is 0 Å². The third-order valence-corrected chi connectivity index (χ3v) is 10.3. The Balaban J connectivity index is 1.46. The second-order valence-electron chi connectivity index (χ2n) is 12.9. The highest BCUT2D eigenvalue weighted by molar-refractivity contribution is 9.11. The van der Waals surface area contributed by atoms with Crippen molar-refractivity contribution in [3.8, 4) is 0 Å². The van der Waals surface area contributed by atoms with Gasteiger partial charge in [-0.3, -0.25) is 19.2 Å². The summed E-state index contributed by atoms with van der Waals surface area (Å²) in [6.45, 7) is 3.94. The number of allylic oxidation sites excluding steroid dienone is 1. The number of nitrogens with one attached hydrogen (secondary N) is 1. The minimum Gasteiger partial charge on any atom is -0.455 e. The van der Waals surface area contributed by atoms with E-state index in [1.807, 2.05) is 86.7 Å². The number of hydrogen-bond donors (Lipinski definition) is 2. The number of amides is 3. The van der Waals surface area contributed by atoms with Crippen molar-refractivity contribution in [3.05, 3.63) is 94.5 Å². The van der Waals surface area contributed by atoms with Crippen LogP contribution in [-0.2, 0) is 35.2 Å². The number of aliphatic hydroxyl groups excluding tert-OH is 1. The van der Waals surface area contributed by atoms with E-state index in [4.69, 9.17) is 9.47 Å². The van der Waals surface area contributed by atoms with Gasteiger partial charge in [-0.15, -0.1) is 0 Å². The van der Waals surface area contributed by atoms with Crippen molar-refractivity contribution in [1.82, 2.24) is 15.1 Å². The first-order chi connectivity index (χ1) is 22.7. The van der Waals surface area contributed by atoms with Crippen molar-refractivity contribution < 1.29 is 33.8 Å². The SMILES string of the molecule is CC(C)[C@H](CO)N1C(=O)[C@H]2[C@@H]3C(=O)O[C@H](c4ccccc4)CNC(=O)CC/C=C\CN(Cc4ccccc4)C(=O)[C@H]1[C@@]21C=C(Br)[C@@H]3O1. The van der Waals surface area contributed by atoms with Gasteiger partial charge in [-0.2, -0.15) is 0 Å². The summed E-state index contributed by atoms with van der Waals surface area (Å²) in [5.41, 5.74) is 0.123. The lowest BCUT2D eigenvalue weighted by Crippen LogP contribution is -2.59. The van der Waals surface area contributed by atoms with Crippen LogP contribution in [0.5, 0.6) is 0 Å². The quantitative estimate of drug-likeness (QED) is 0.347. The monoisotopic (exact) mass is 705 g/mol. The summed E-state index contributed by atoms with van der Waals surface area (Å²) < 4.78 is 13.3. The van der Waals surface area contributed by atoms with Crippen molar-refractivity contribution >= 4 is 39.6 Å². The molecule has 0 saturated carbocycles. The Morgan fingerprint density at radius 1 is 1.00 bits per heavy atom. The summed E-state index contributed by atoms with van der Waals surface area (Å²) in [7, 11) is 0. The number of esters is 1. The van der Waals surface area contributed by atoms with Crippen LogP contribution in [0.15, 0.2) is 83.4 Å². The average Bonchev–Trinajstić information content (AvgIpc) is 3.66. The number of benzene rings is 2. The van der Waals surface area contributed by atoms with Crippen LogP contribution >= 0.6 is 15.9 Å². The number of likely N-dealkylation sites (tertiary alicyclic amines) is 1. The number of fused-ring (bicyclic) bond motifs is 2. The number of rotatable bonds is 6. The number of ether oxygens (including phenoxy) is 2. The molecule has 47 heavy (non-hydrogen) atoms. The number of nitrogens with zero attached hydrogens (tertiary/aromatic N) is 2. The molecule has 0 aromatic heterocycles. The highest BCUT2D eigenvalue weighted by Crippen LogP contribution is 2.59. The molecule has 0 aliphatic carbocycles. The maximum Gasteiger partial charge on any atom is 0.313 e. The van der Waals surface area contributed by atoms with Crippen molar-refractivity contribution in [2.24, 2.45) is 17.8 Å². The van der Waals surface area contributed by atoms with Gasteiger partial charge < -0.3 is 29.7 Å². The first-order valence-corrected chi connectivity index (χ1v) is 16.9. The number of carbonyl (C=O) groups excluding carboxylic acids is 4. The van der Waals surface area contributed by atoms with Gasteiger partial charge in [0.15, 0.2) is 0 Å². The zero-order valence-corrected chi connectivity index (χ0v) is 28.0. The van der Waals surface area contributed by atoms with Gasteiger partial charge in [0.1, 0.15) is 29.8 Å². The molecule has 4 aliphatic heterocycles. The second-order valence-corrected chi connectivity index (χ2v) is 13.8. The molecule has 0 unspecified atom stereocenters. The van der Waals surface area contributed by atoms with Crippen molar-refractivity contribution in [1.29, 1.82) is 0 Å². The van der Waals surface area contributed by atoms with E-state index in [1.165, 1.54) is 4.90 Å². The third-order valence-electron chi connectivity index (χ3n) is 9.66. The van der Waals surface area contributed by atoms with Crippen molar-refractivity contribution in [3.63, 3.8) is 0 Å². The van der Waals surface area contributed by atoms with Crippen LogP contribution in [0.4, 0.5) is 0 Å². The first kappa shape index (κ1) is 33.1. The van der Waals surface area contributed by atoms with Gasteiger partial charge in [0.2, 0.25) is 17.7 Å². The topological polar surface area (TPSA) is 125 Å². The minimum atomic E-state index is -1.47. The molecule has 2 saturated heterocycles. The Hall–Kier alpha value is -3.80. The van der Waals surface area contributed by atoms with Gasteiger partial charge in [-0.1, -0.05) is 103 Å². The summed E-state index contributed by atoms with van der Waals surface area (Å²) in [6, 6.07) is 16.8. The van der Waals surface area contributed by atoms with Crippen molar-refractivity contribution in [2.45, 2.75) is 63.1 Å². The largest absolute Gasteiger partial charge is 0.455 e. The zero-order chi connectivity index (χ0) is 33.3. The molecule has 3 amide bonds. The average molecular weight is 707 g/mol. The maximum atomic E-state index is 14.9. The van der Waals surface area contributed by atoms with Crippen LogP contribution in [0, 0.1) is 17.8 Å². The zero-order valence-electron chi connectivity index (χ0n) is 26.5. The fourth-order valence-corrected chi connectivity index (χ4v) is 8.07. The van der Waals surface area contributed by atoms with Crippen molar-refractivity contribution in [2.75, 3.05) is 19.7 Å². The summed E-state index contributed by atoms with van der Waals surface area (Å²) in [6.07, 6.45) is 4.49. The number of carbonyl (C=O) groups is 4. The number of aliphatic hydroxyl groups is 1. The first-order valence-electron chi connectivity index (χ1n) is 16.1. The van der Waals surface area contributed by atoms with Crippen LogP contribution in [0.25, 0.3) is 0 Å². The Morgan fingerprint density at radius 3 is 2.38 bits per heavy atom. The van der Waals surface area contributed by atoms with E-state index in [0.717, 1.165) is 5.56 Å². The number of cyclic esters (lactones) is 1. The molecule has 2 fully saturated rings. The molecule has 2 N–H and O–H groups in total. The molecule has 2 aromatic rings. The normalized spacial score (nSPS) is 31.0. The second kappa shape index (κ2) is 13.7. The predicted octanol–water partition coefficient (Wildman–Crippen LogP) is 3.66. The molecule has 4 heterocycles. The Kier molecular flexibility index (Phi) is 9.68. The van der Waals surface area contributed by atoms with Crippen LogP contribution < -0.4 is 5.32 Å². The molecule has 2 aromatic carbocycles. The molecule has 11 heteroatoms. The lowest BCUT2D eigenvalue weighted by Gasteiger charge is -2.40. The van der Waals surface area contributed by atoms with Crippen LogP contribution in [0.3, 0.4) is 0 Å². The molecular weight excluding hydrogens is 666 g/mol. The molecule has 0 radical (unpaired) electrons. The van der Waals surface area contributed by atoms with E-state index in [2.05, 4.69) is 21.2 Å². The molecule has 248 valence electrons. The Bertz CT molecular complexity index is 1560. The van der Waals surface area contributed by atoms with E-state index < -0.39 is 53.6 Å². The summed E-state index contributed by atoms with van der Waals surface area (Å²) in [5.74, 6) is -3.96. The van der Waals surface area contributed by atoms with Crippen LogP contribution in [-0.4, -0.2) is 82.1 Å². The fraction of sp³-hybridized carbons (Fsp3) is 0.444. The van der Waals surface area contributed by atoms with Gasteiger partial charge in [-0.05, 0) is 29.5 Å².